The molecule has 0 spiro atoms. The molecule has 0 N–H and O–H groups in total. The Balaban J connectivity index is 3.10. The molecular formula is C21H40. The van der Waals surface area contributed by atoms with Crippen LogP contribution >= 0.6 is 0 Å². The largest absolute Gasteiger partial charge is 0.0885 e. The van der Waals surface area contributed by atoms with E-state index in [-0.39, 0.29) is 0 Å². The van der Waals surface area contributed by atoms with E-state index in [1.54, 1.807) is 0 Å². The van der Waals surface area contributed by atoms with Crippen molar-refractivity contribution in [2.24, 2.45) is 0 Å². The second-order valence-electron chi connectivity index (χ2n) is 6.65. The molecule has 0 saturated carbocycles. The molecule has 0 heteroatoms. The summed E-state index contributed by atoms with van der Waals surface area (Å²) in [5, 5.41) is 0. The van der Waals surface area contributed by atoms with Gasteiger partial charge >= 0.3 is 0 Å². The van der Waals surface area contributed by atoms with Gasteiger partial charge in [-0.05, 0) is 52.4 Å². The molecule has 0 radical (unpaired) electrons. The van der Waals surface area contributed by atoms with Crippen molar-refractivity contribution >= 4 is 0 Å². The predicted molar refractivity (Wildman–Crippen MR) is 98.9 cm³/mol. The van der Waals surface area contributed by atoms with Crippen LogP contribution in [0.4, 0.5) is 0 Å². The molecule has 0 rings (SSSR count). The summed E-state index contributed by atoms with van der Waals surface area (Å²) >= 11 is 0. The average molecular weight is 293 g/mol. The van der Waals surface area contributed by atoms with Gasteiger partial charge in [-0.25, -0.2) is 0 Å². The van der Waals surface area contributed by atoms with Crippen molar-refractivity contribution < 1.29 is 0 Å². The molecule has 0 aromatic carbocycles. The molecule has 0 aromatic rings. The monoisotopic (exact) mass is 292 g/mol. The van der Waals surface area contributed by atoms with Crippen LogP contribution in [-0.4, -0.2) is 0 Å². The smallest absolute Gasteiger partial charge is 0.0348 e. The van der Waals surface area contributed by atoms with Crippen LogP contribution in [-0.2, 0) is 0 Å². The van der Waals surface area contributed by atoms with E-state index in [0.29, 0.717) is 0 Å². The lowest BCUT2D eigenvalue weighted by atomic mass is 10.1. The number of rotatable bonds is 15. The number of allylic oxidation sites excluding steroid dienone is 4. The first-order valence-corrected chi connectivity index (χ1v) is 9.55. The minimum absolute atomic E-state index is 1.27. The van der Waals surface area contributed by atoms with E-state index in [1.165, 1.54) is 95.5 Å². The molecule has 0 saturated heterocycles. The molecule has 0 unspecified atom stereocenters. The molecule has 0 aliphatic heterocycles. The standard InChI is InChI=1S/C21H40/c1-4-5-6-7-8-9-10-11-12-13-14-15-16-17-18-19-20-21(2)3/h13-14,20H,4-12,15-19H2,1-3H3. The number of hydrogen-bond acceptors (Lipinski definition) is 0. The van der Waals surface area contributed by atoms with Gasteiger partial charge in [0.1, 0.15) is 0 Å². The molecule has 0 amide bonds. The van der Waals surface area contributed by atoms with Crippen LogP contribution < -0.4 is 0 Å². The minimum Gasteiger partial charge on any atom is -0.0885 e. The zero-order chi connectivity index (χ0) is 15.6. The third-order valence-corrected chi connectivity index (χ3v) is 4.02. The highest BCUT2D eigenvalue weighted by Gasteiger charge is 1.90. The molecule has 0 nitrogen and oxygen atoms in total. The Morgan fingerprint density at radius 1 is 0.571 bits per heavy atom. The van der Waals surface area contributed by atoms with Crippen LogP contribution in [0, 0.1) is 0 Å². The fourth-order valence-corrected chi connectivity index (χ4v) is 2.61. The fourth-order valence-electron chi connectivity index (χ4n) is 2.61. The molecule has 0 bridgehead atoms. The van der Waals surface area contributed by atoms with Gasteiger partial charge in [0.05, 0.1) is 0 Å². The topological polar surface area (TPSA) is 0 Å². The highest BCUT2D eigenvalue weighted by atomic mass is 14.0. The van der Waals surface area contributed by atoms with Gasteiger partial charge in [0.15, 0.2) is 0 Å². The lowest BCUT2D eigenvalue weighted by Crippen LogP contribution is -1.80. The quantitative estimate of drug-likeness (QED) is 0.212. The Labute approximate surface area is 135 Å². The average Bonchev–Trinajstić information content (AvgIpc) is 2.46. The maximum absolute atomic E-state index is 2.41. The molecule has 0 aliphatic rings. The zero-order valence-corrected chi connectivity index (χ0v) is 15.1. The molecule has 0 fully saturated rings. The second kappa shape index (κ2) is 17.5. The van der Waals surface area contributed by atoms with Gasteiger partial charge in [0.2, 0.25) is 0 Å². The van der Waals surface area contributed by atoms with Gasteiger partial charge in [-0.1, -0.05) is 82.1 Å². The third-order valence-electron chi connectivity index (χ3n) is 4.02. The summed E-state index contributed by atoms with van der Waals surface area (Å²) in [5.41, 5.74) is 1.46. The minimum atomic E-state index is 1.27. The highest BCUT2D eigenvalue weighted by molar-refractivity contribution is 4.92. The van der Waals surface area contributed by atoms with Crippen LogP contribution in [0.5, 0.6) is 0 Å². The van der Waals surface area contributed by atoms with E-state index in [2.05, 4.69) is 39.0 Å². The summed E-state index contributed by atoms with van der Waals surface area (Å²) < 4.78 is 0. The van der Waals surface area contributed by atoms with Crippen molar-refractivity contribution in [1.82, 2.24) is 0 Å². The van der Waals surface area contributed by atoms with Gasteiger partial charge in [-0.3, -0.25) is 0 Å². The first kappa shape index (κ1) is 20.5. The maximum atomic E-state index is 2.41. The van der Waals surface area contributed by atoms with Gasteiger partial charge in [0, 0.05) is 0 Å². The second-order valence-corrected chi connectivity index (χ2v) is 6.65. The normalized spacial score (nSPS) is 11.2. The Kier molecular flexibility index (Phi) is 17.1. The van der Waals surface area contributed by atoms with E-state index in [0.717, 1.165) is 0 Å². The Morgan fingerprint density at radius 2 is 1.00 bits per heavy atom. The van der Waals surface area contributed by atoms with Gasteiger partial charge < -0.3 is 0 Å². The van der Waals surface area contributed by atoms with E-state index in [4.69, 9.17) is 0 Å². The van der Waals surface area contributed by atoms with Gasteiger partial charge in [0.25, 0.3) is 0 Å². The van der Waals surface area contributed by atoms with Crippen molar-refractivity contribution in [3.8, 4) is 0 Å². The maximum Gasteiger partial charge on any atom is -0.0348 e. The summed E-state index contributed by atoms with van der Waals surface area (Å²) in [7, 11) is 0. The Hall–Kier alpha value is -0.520. The fraction of sp³-hybridized carbons (Fsp3) is 0.810. The molecule has 124 valence electrons. The van der Waals surface area contributed by atoms with Crippen LogP contribution in [0.15, 0.2) is 23.8 Å². The molecule has 21 heavy (non-hydrogen) atoms. The first-order valence-electron chi connectivity index (χ1n) is 9.55. The first-order chi connectivity index (χ1) is 10.3. The van der Waals surface area contributed by atoms with Crippen LogP contribution in [0.1, 0.15) is 111 Å². The molecule has 0 heterocycles. The summed E-state index contributed by atoms with van der Waals surface area (Å²) in [4.78, 5) is 0. The van der Waals surface area contributed by atoms with Crippen LogP contribution in [0.2, 0.25) is 0 Å². The summed E-state index contributed by atoms with van der Waals surface area (Å²) in [6.07, 6.45) is 26.5. The summed E-state index contributed by atoms with van der Waals surface area (Å²) in [6.45, 7) is 6.66. The molecule has 0 atom stereocenters. The van der Waals surface area contributed by atoms with E-state index in [9.17, 15) is 0 Å². The van der Waals surface area contributed by atoms with Crippen LogP contribution in [0.25, 0.3) is 0 Å². The van der Waals surface area contributed by atoms with Crippen molar-refractivity contribution in [2.75, 3.05) is 0 Å². The lowest BCUT2D eigenvalue weighted by molar-refractivity contribution is 0.577. The Morgan fingerprint density at radius 3 is 1.52 bits per heavy atom. The van der Waals surface area contributed by atoms with Crippen LogP contribution in [0.3, 0.4) is 0 Å². The molecule has 0 aromatic heterocycles. The third kappa shape index (κ3) is 19.5. The van der Waals surface area contributed by atoms with Crippen molar-refractivity contribution in [2.45, 2.75) is 111 Å². The summed E-state index contributed by atoms with van der Waals surface area (Å²) in [5.74, 6) is 0. The lowest BCUT2D eigenvalue weighted by Gasteiger charge is -2.00. The SMILES string of the molecule is CCCCCCCCCCC=CCCCCCC=C(C)C. The van der Waals surface area contributed by atoms with E-state index in [1.807, 2.05) is 0 Å². The van der Waals surface area contributed by atoms with Gasteiger partial charge in [-0.2, -0.15) is 0 Å². The van der Waals surface area contributed by atoms with Crippen molar-refractivity contribution in [3.63, 3.8) is 0 Å². The van der Waals surface area contributed by atoms with E-state index >= 15 is 0 Å². The highest BCUT2D eigenvalue weighted by Crippen LogP contribution is 2.10. The zero-order valence-electron chi connectivity index (χ0n) is 15.1. The number of hydrogen-bond donors (Lipinski definition) is 0. The van der Waals surface area contributed by atoms with E-state index < -0.39 is 0 Å². The Bertz CT molecular complexity index is 243. The number of unbranched alkanes of at least 4 members (excludes halogenated alkanes) is 12. The van der Waals surface area contributed by atoms with Gasteiger partial charge in [-0.15, -0.1) is 0 Å². The van der Waals surface area contributed by atoms with Crippen molar-refractivity contribution in [1.29, 1.82) is 0 Å². The van der Waals surface area contributed by atoms with Crippen molar-refractivity contribution in [3.05, 3.63) is 23.8 Å². The predicted octanol–water partition coefficient (Wildman–Crippen LogP) is 7.99. The molecular weight excluding hydrogens is 252 g/mol. The molecule has 0 aliphatic carbocycles. The summed E-state index contributed by atoms with van der Waals surface area (Å²) in [6, 6.07) is 0.